The van der Waals surface area contributed by atoms with E-state index in [0.29, 0.717) is 16.3 Å². The lowest BCUT2D eigenvalue weighted by Gasteiger charge is -2.13. The second kappa shape index (κ2) is 6.53. The van der Waals surface area contributed by atoms with Crippen molar-refractivity contribution in [2.24, 2.45) is 0 Å². The van der Waals surface area contributed by atoms with Crippen LogP contribution in [-0.2, 0) is 11.2 Å². The summed E-state index contributed by atoms with van der Waals surface area (Å²) < 4.78 is 10.3. The molecule has 1 heterocycles. The predicted molar refractivity (Wildman–Crippen MR) is 77.8 cm³/mol. The number of hydrogen-bond acceptors (Lipinski definition) is 4. The summed E-state index contributed by atoms with van der Waals surface area (Å²) in [6.45, 7) is 0. The summed E-state index contributed by atoms with van der Waals surface area (Å²) in [6.07, 6.45) is 0.0611. The third kappa shape index (κ3) is 3.40. The van der Waals surface area contributed by atoms with Crippen LogP contribution in [0.4, 0.5) is 0 Å². The van der Waals surface area contributed by atoms with E-state index >= 15 is 0 Å². The molecule has 7 heteroatoms. The number of ether oxygens (including phenoxy) is 1. The van der Waals surface area contributed by atoms with E-state index in [0.717, 1.165) is 0 Å². The van der Waals surface area contributed by atoms with Crippen LogP contribution in [-0.4, -0.2) is 29.3 Å². The molecule has 0 aliphatic carbocycles. The Morgan fingerprint density at radius 1 is 1.27 bits per heavy atom. The maximum absolute atomic E-state index is 11.5. The van der Waals surface area contributed by atoms with Gasteiger partial charge in [-0.05, 0) is 42.3 Å². The Hall–Kier alpha value is -2.47. The quantitative estimate of drug-likeness (QED) is 0.847. The van der Waals surface area contributed by atoms with Gasteiger partial charge in [-0.3, -0.25) is 4.79 Å². The van der Waals surface area contributed by atoms with Gasteiger partial charge in [0.25, 0.3) is 0 Å². The fourth-order valence-corrected chi connectivity index (χ4v) is 2.29. The predicted octanol–water partition coefficient (Wildman–Crippen LogP) is 3.05. The van der Waals surface area contributed by atoms with Gasteiger partial charge in [0.05, 0.1) is 7.11 Å². The highest BCUT2D eigenvalue weighted by atomic mass is 35.5. The number of hydrogen-bond donors (Lipinski definition) is 2. The van der Waals surface area contributed by atoms with Gasteiger partial charge in [-0.2, -0.15) is 0 Å². The van der Waals surface area contributed by atoms with Gasteiger partial charge in [0.15, 0.2) is 0 Å². The number of carboxylic acids is 2. The largest absolute Gasteiger partial charge is 0.496 e. The number of aliphatic carboxylic acids is 1. The average Bonchev–Trinajstić information content (AvgIpc) is 2.94. The molecule has 0 saturated heterocycles. The van der Waals surface area contributed by atoms with Crippen molar-refractivity contribution < 1.29 is 29.0 Å². The summed E-state index contributed by atoms with van der Waals surface area (Å²) in [4.78, 5) is 22.3. The lowest BCUT2D eigenvalue weighted by Crippen LogP contribution is -2.14. The molecule has 0 bridgehead atoms. The van der Waals surface area contributed by atoms with E-state index in [4.69, 9.17) is 25.9 Å². The van der Waals surface area contributed by atoms with Gasteiger partial charge >= 0.3 is 11.9 Å². The molecule has 1 atom stereocenters. The van der Waals surface area contributed by atoms with Gasteiger partial charge < -0.3 is 19.4 Å². The summed E-state index contributed by atoms with van der Waals surface area (Å²) in [5.41, 5.74) is 0.593. The molecule has 0 saturated carbocycles. The van der Waals surface area contributed by atoms with Crippen LogP contribution in [0, 0.1) is 0 Å². The normalized spacial score (nSPS) is 11.9. The van der Waals surface area contributed by atoms with Gasteiger partial charge in [0.2, 0.25) is 5.76 Å². The van der Waals surface area contributed by atoms with Gasteiger partial charge in [0.1, 0.15) is 17.4 Å². The number of rotatable bonds is 6. The molecule has 2 N–H and O–H groups in total. The molecule has 0 amide bonds. The fraction of sp³-hybridized carbons (Fsp3) is 0.200. The zero-order valence-corrected chi connectivity index (χ0v) is 12.3. The first-order valence-corrected chi connectivity index (χ1v) is 6.68. The summed E-state index contributed by atoms with van der Waals surface area (Å²) in [5, 5.41) is 18.7. The number of benzene rings is 1. The average molecular weight is 325 g/mol. The van der Waals surface area contributed by atoms with E-state index < -0.39 is 17.9 Å². The molecular formula is C15H13ClO6. The molecule has 1 unspecified atom stereocenters. The third-order valence-corrected chi connectivity index (χ3v) is 3.38. The molecule has 0 spiro atoms. The van der Waals surface area contributed by atoms with Crippen molar-refractivity contribution in [3.05, 3.63) is 52.4 Å². The second-order valence-corrected chi connectivity index (χ2v) is 4.99. The highest BCUT2D eigenvalue weighted by Gasteiger charge is 2.26. The molecule has 0 fully saturated rings. The zero-order valence-electron chi connectivity index (χ0n) is 11.6. The number of halogens is 1. The van der Waals surface area contributed by atoms with E-state index in [9.17, 15) is 14.7 Å². The standard InChI is InChI=1S/C15H13ClO6/c1-21-11-3-2-9(16)6-8(11)7-10(14(17)18)12-4-5-13(22-12)15(19)20/h2-6,10H,7H2,1H3,(H,17,18)(H,19,20). The van der Waals surface area contributed by atoms with E-state index in [2.05, 4.69) is 0 Å². The maximum atomic E-state index is 11.5. The molecule has 6 nitrogen and oxygen atoms in total. The topological polar surface area (TPSA) is 97.0 Å². The number of methoxy groups -OCH3 is 1. The summed E-state index contributed by atoms with van der Waals surface area (Å²) in [5.74, 6) is -3.17. The maximum Gasteiger partial charge on any atom is 0.371 e. The van der Waals surface area contributed by atoms with E-state index in [1.807, 2.05) is 0 Å². The molecule has 0 radical (unpaired) electrons. The Morgan fingerprint density at radius 2 is 2.00 bits per heavy atom. The molecule has 1 aromatic carbocycles. The fourth-order valence-electron chi connectivity index (χ4n) is 2.09. The Bertz CT molecular complexity index is 706. The van der Waals surface area contributed by atoms with Gasteiger partial charge in [-0.15, -0.1) is 0 Å². The van der Waals surface area contributed by atoms with Crippen LogP contribution in [0.25, 0.3) is 0 Å². The molecule has 2 aromatic rings. The van der Waals surface area contributed by atoms with Crippen LogP contribution in [0.1, 0.15) is 27.8 Å². The van der Waals surface area contributed by atoms with Crippen molar-refractivity contribution in [3.63, 3.8) is 0 Å². The minimum Gasteiger partial charge on any atom is -0.496 e. The minimum atomic E-state index is -1.25. The van der Waals surface area contributed by atoms with E-state index in [-0.39, 0.29) is 17.9 Å². The lowest BCUT2D eigenvalue weighted by molar-refractivity contribution is -0.139. The van der Waals surface area contributed by atoms with Crippen LogP contribution in [0.15, 0.2) is 34.7 Å². The summed E-state index contributed by atoms with van der Waals surface area (Å²) >= 11 is 5.92. The molecule has 1 aromatic heterocycles. The minimum absolute atomic E-state index is 0.0611. The highest BCUT2D eigenvalue weighted by molar-refractivity contribution is 6.30. The highest BCUT2D eigenvalue weighted by Crippen LogP contribution is 2.30. The Balaban J connectivity index is 2.35. The van der Waals surface area contributed by atoms with Crippen LogP contribution >= 0.6 is 11.6 Å². The summed E-state index contributed by atoms with van der Waals surface area (Å²) in [6, 6.07) is 7.45. The van der Waals surface area contributed by atoms with Crippen LogP contribution < -0.4 is 4.74 Å². The molecule has 22 heavy (non-hydrogen) atoms. The Morgan fingerprint density at radius 3 is 2.55 bits per heavy atom. The monoisotopic (exact) mass is 324 g/mol. The van der Waals surface area contributed by atoms with Crippen molar-refractivity contribution in [1.82, 2.24) is 0 Å². The zero-order chi connectivity index (χ0) is 16.3. The van der Waals surface area contributed by atoms with Crippen molar-refractivity contribution in [1.29, 1.82) is 0 Å². The second-order valence-electron chi connectivity index (χ2n) is 4.56. The van der Waals surface area contributed by atoms with E-state index in [1.165, 1.54) is 19.2 Å². The van der Waals surface area contributed by atoms with Crippen molar-refractivity contribution in [2.75, 3.05) is 7.11 Å². The smallest absolute Gasteiger partial charge is 0.371 e. The van der Waals surface area contributed by atoms with Crippen LogP contribution in [0.2, 0.25) is 5.02 Å². The lowest BCUT2D eigenvalue weighted by atomic mass is 9.96. The third-order valence-electron chi connectivity index (χ3n) is 3.15. The number of furan rings is 1. The Labute approximate surface area is 130 Å². The first-order chi connectivity index (χ1) is 10.4. The summed E-state index contributed by atoms with van der Waals surface area (Å²) in [7, 11) is 1.47. The van der Waals surface area contributed by atoms with E-state index in [1.54, 1.807) is 18.2 Å². The van der Waals surface area contributed by atoms with Crippen molar-refractivity contribution >= 4 is 23.5 Å². The first kappa shape index (κ1) is 15.9. The number of aromatic carboxylic acids is 1. The van der Waals surface area contributed by atoms with Gasteiger partial charge in [-0.1, -0.05) is 11.6 Å². The molecule has 0 aliphatic rings. The van der Waals surface area contributed by atoms with Gasteiger partial charge in [0, 0.05) is 5.02 Å². The van der Waals surface area contributed by atoms with Crippen LogP contribution in [0.3, 0.4) is 0 Å². The Kier molecular flexibility index (Phi) is 4.72. The molecule has 116 valence electrons. The molecule has 2 rings (SSSR count). The number of carbonyl (C=O) groups is 2. The number of carboxylic acid groups (broad SMARTS) is 2. The molecular weight excluding hydrogens is 312 g/mol. The van der Waals surface area contributed by atoms with Crippen molar-refractivity contribution in [2.45, 2.75) is 12.3 Å². The van der Waals surface area contributed by atoms with Crippen LogP contribution in [0.5, 0.6) is 5.75 Å². The van der Waals surface area contributed by atoms with Gasteiger partial charge in [-0.25, -0.2) is 4.79 Å². The SMILES string of the molecule is COc1ccc(Cl)cc1CC(C(=O)O)c1ccc(C(=O)O)o1. The first-order valence-electron chi connectivity index (χ1n) is 6.30. The van der Waals surface area contributed by atoms with Crippen molar-refractivity contribution in [3.8, 4) is 5.75 Å². The molecule has 0 aliphatic heterocycles.